The topological polar surface area (TPSA) is 64.4 Å². The molecule has 2 atom stereocenters. The maximum Gasteiger partial charge on any atom is 0.237 e. The average Bonchev–Trinajstić information content (AvgIpc) is 2.37. The zero-order valence-corrected chi connectivity index (χ0v) is 10.6. The monoisotopic (exact) mass is 236 g/mol. The van der Waals surface area contributed by atoms with Crippen molar-refractivity contribution in [2.24, 2.45) is 5.73 Å². The molecule has 0 heterocycles. The van der Waals surface area contributed by atoms with Gasteiger partial charge < -0.3 is 15.8 Å². The van der Waals surface area contributed by atoms with Crippen molar-refractivity contribution in [2.75, 3.05) is 7.11 Å². The van der Waals surface area contributed by atoms with E-state index in [4.69, 9.17) is 10.5 Å². The number of hydrogen-bond donors (Lipinski definition) is 2. The third-order valence-corrected chi connectivity index (χ3v) is 2.74. The predicted molar refractivity (Wildman–Crippen MR) is 67.8 cm³/mol. The van der Waals surface area contributed by atoms with Gasteiger partial charge in [-0.3, -0.25) is 4.79 Å². The molecule has 17 heavy (non-hydrogen) atoms. The molecule has 0 radical (unpaired) electrons. The highest BCUT2D eigenvalue weighted by Gasteiger charge is 2.16. The van der Waals surface area contributed by atoms with Crippen molar-refractivity contribution < 1.29 is 9.53 Å². The van der Waals surface area contributed by atoms with Crippen LogP contribution < -0.4 is 15.8 Å². The third-order valence-electron chi connectivity index (χ3n) is 2.74. The standard InChI is InChI=1S/C13H20N2O2/c1-4-11(14)13(16)15-9(2)10-7-5-6-8-12(10)17-3/h5-9,11H,4,14H2,1-3H3,(H,15,16). The highest BCUT2D eigenvalue weighted by Crippen LogP contribution is 2.24. The molecule has 4 heteroatoms. The molecule has 0 bridgehead atoms. The van der Waals surface area contributed by atoms with Crippen LogP contribution in [0, 0.1) is 0 Å². The summed E-state index contributed by atoms with van der Waals surface area (Å²) in [5, 5.41) is 2.88. The summed E-state index contributed by atoms with van der Waals surface area (Å²) in [4.78, 5) is 11.7. The van der Waals surface area contributed by atoms with Crippen molar-refractivity contribution in [2.45, 2.75) is 32.4 Å². The summed E-state index contributed by atoms with van der Waals surface area (Å²) in [7, 11) is 1.62. The van der Waals surface area contributed by atoms with E-state index in [1.807, 2.05) is 38.1 Å². The first-order valence-corrected chi connectivity index (χ1v) is 5.79. The van der Waals surface area contributed by atoms with Gasteiger partial charge in [0.15, 0.2) is 0 Å². The van der Waals surface area contributed by atoms with E-state index in [2.05, 4.69) is 5.32 Å². The number of ether oxygens (including phenoxy) is 1. The zero-order chi connectivity index (χ0) is 12.8. The van der Waals surface area contributed by atoms with Gasteiger partial charge in [-0.15, -0.1) is 0 Å². The minimum atomic E-state index is -0.452. The Morgan fingerprint density at radius 3 is 2.71 bits per heavy atom. The normalized spacial score (nSPS) is 13.9. The van der Waals surface area contributed by atoms with Crippen molar-refractivity contribution in [1.82, 2.24) is 5.32 Å². The molecule has 0 saturated heterocycles. The van der Waals surface area contributed by atoms with Crippen LogP contribution in [0.4, 0.5) is 0 Å². The lowest BCUT2D eigenvalue weighted by Crippen LogP contribution is -2.41. The molecule has 1 rings (SSSR count). The number of benzene rings is 1. The molecule has 0 saturated carbocycles. The molecule has 0 aliphatic rings. The molecule has 0 aliphatic heterocycles. The summed E-state index contributed by atoms with van der Waals surface area (Å²) in [5.41, 5.74) is 6.62. The summed E-state index contributed by atoms with van der Waals surface area (Å²) in [6.45, 7) is 3.80. The van der Waals surface area contributed by atoms with Crippen molar-refractivity contribution >= 4 is 5.91 Å². The van der Waals surface area contributed by atoms with E-state index in [-0.39, 0.29) is 11.9 Å². The number of carbonyl (C=O) groups excluding carboxylic acids is 1. The van der Waals surface area contributed by atoms with Gasteiger partial charge in [0.05, 0.1) is 19.2 Å². The number of hydrogen-bond acceptors (Lipinski definition) is 3. The van der Waals surface area contributed by atoms with Crippen LogP contribution in [0.2, 0.25) is 0 Å². The second-order valence-electron chi connectivity index (χ2n) is 3.99. The third kappa shape index (κ3) is 3.46. The average molecular weight is 236 g/mol. The fraction of sp³-hybridized carbons (Fsp3) is 0.462. The van der Waals surface area contributed by atoms with Crippen LogP contribution in [-0.4, -0.2) is 19.1 Å². The summed E-state index contributed by atoms with van der Waals surface area (Å²) in [5.74, 6) is 0.635. The van der Waals surface area contributed by atoms with Gasteiger partial charge in [0.1, 0.15) is 5.75 Å². The molecular weight excluding hydrogens is 216 g/mol. The van der Waals surface area contributed by atoms with Gasteiger partial charge >= 0.3 is 0 Å². The summed E-state index contributed by atoms with van der Waals surface area (Å²) < 4.78 is 5.25. The van der Waals surface area contributed by atoms with Crippen molar-refractivity contribution in [3.63, 3.8) is 0 Å². The fourth-order valence-electron chi connectivity index (χ4n) is 1.61. The Bertz CT molecular complexity index is 379. The fourth-order valence-corrected chi connectivity index (χ4v) is 1.61. The Kier molecular flexibility index (Phi) is 4.97. The highest BCUT2D eigenvalue weighted by molar-refractivity contribution is 5.81. The number of amides is 1. The van der Waals surface area contributed by atoms with E-state index in [1.165, 1.54) is 0 Å². The first-order chi connectivity index (χ1) is 8.10. The maximum atomic E-state index is 11.7. The van der Waals surface area contributed by atoms with E-state index < -0.39 is 6.04 Å². The SMILES string of the molecule is CCC(N)C(=O)NC(C)c1ccccc1OC. The Morgan fingerprint density at radius 2 is 2.12 bits per heavy atom. The first kappa shape index (κ1) is 13.5. The van der Waals surface area contributed by atoms with Crippen LogP contribution in [0.15, 0.2) is 24.3 Å². The maximum absolute atomic E-state index is 11.7. The van der Waals surface area contributed by atoms with E-state index in [9.17, 15) is 4.79 Å². The molecule has 0 aliphatic carbocycles. The predicted octanol–water partition coefficient (Wildman–Crippen LogP) is 1.61. The molecule has 1 aromatic carbocycles. The molecule has 2 unspecified atom stereocenters. The van der Waals surface area contributed by atoms with Gasteiger partial charge in [-0.2, -0.15) is 0 Å². The molecule has 0 fully saturated rings. The Morgan fingerprint density at radius 1 is 1.47 bits per heavy atom. The number of carbonyl (C=O) groups is 1. The number of nitrogens with two attached hydrogens (primary N) is 1. The van der Waals surface area contributed by atoms with Gasteiger partial charge in [-0.25, -0.2) is 0 Å². The lowest BCUT2D eigenvalue weighted by molar-refractivity contribution is -0.123. The first-order valence-electron chi connectivity index (χ1n) is 5.79. The highest BCUT2D eigenvalue weighted by atomic mass is 16.5. The van der Waals surface area contributed by atoms with E-state index in [0.717, 1.165) is 11.3 Å². The van der Waals surface area contributed by atoms with E-state index in [0.29, 0.717) is 6.42 Å². The van der Waals surface area contributed by atoms with Gasteiger partial charge in [-0.1, -0.05) is 25.1 Å². The summed E-state index contributed by atoms with van der Waals surface area (Å²) >= 11 is 0. The molecule has 3 N–H and O–H groups in total. The minimum absolute atomic E-state index is 0.115. The lowest BCUT2D eigenvalue weighted by Gasteiger charge is -2.19. The van der Waals surface area contributed by atoms with Crippen LogP contribution in [0.25, 0.3) is 0 Å². The Hall–Kier alpha value is -1.55. The van der Waals surface area contributed by atoms with Gasteiger partial charge in [0.2, 0.25) is 5.91 Å². The van der Waals surface area contributed by atoms with Crippen molar-refractivity contribution in [3.8, 4) is 5.75 Å². The quantitative estimate of drug-likeness (QED) is 0.816. The van der Waals surface area contributed by atoms with Crippen LogP contribution >= 0.6 is 0 Å². The number of methoxy groups -OCH3 is 1. The van der Waals surface area contributed by atoms with Crippen LogP contribution in [0.3, 0.4) is 0 Å². The van der Waals surface area contributed by atoms with Gasteiger partial charge in [-0.05, 0) is 19.4 Å². The Balaban J connectivity index is 2.76. The summed E-state index contributed by atoms with van der Waals surface area (Å²) in [6, 6.07) is 7.05. The molecule has 1 aromatic rings. The van der Waals surface area contributed by atoms with Crippen molar-refractivity contribution in [3.05, 3.63) is 29.8 Å². The second-order valence-corrected chi connectivity index (χ2v) is 3.99. The van der Waals surface area contributed by atoms with Crippen LogP contribution in [0.5, 0.6) is 5.75 Å². The van der Waals surface area contributed by atoms with Crippen molar-refractivity contribution in [1.29, 1.82) is 0 Å². The molecular formula is C13H20N2O2. The molecule has 0 aromatic heterocycles. The van der Waals surface area contributed by atoms with Crippen LogP contribution in [0.1, 0.15) is 31.9 Å². The zero-order valence-electron chi connectivity index (χ0n) is 10.6. The molecule has 4 nitrogen and oxygen atoms in total. The summed E-state index contributed by atoms with van der Waals surface area (Å²) in [6.07, 6.45) is 0.629. The van der Waals surface area contributed by atoms with E-state index >= 15 is 0 Å². The minimum Gasteiger partial charge on any atom is -0.496 e. The Labute approximate surface area is 102 Å². The number of rotatable bonds is 5. The smallest absolute Gasteiger partial charge is 0.237 e. The molecule has 0 spiro atoms. The van der Waals surface area contributed by atoms with Crippen LogP contribution in [-0.2, 0) is 4.79 Å². The second kappa shape index (κ2) is 6.25. The van der Waals surface area contributed by atoms with Gasteiger partial charge in [0.25, 0.3) is 0 Å². The number of nitrogens with one attached hydrogen (secondary N) is 1. The van der Waals surface area contributed by atoms with E-state index in [1.54, 1.807) is 7.11 Å². The largest absolute Gasteiger partial charge is 0.496 e. The lowest BCUT2D eigenvalue weighted by atomic mass is 10.1. The van der Waals surface area contributed by atoms with Gasteiger partial charge in [0, 0.05) is 5.56 Å². The molecule has 94 valence electrons. The molecule has 1 amide bonds. The number of para-hydroxylation sites is 1.